The molecule has 0 saturated carbocycles. The normalized spacial score (nSPS) is 18.9. The summed E-state index contributed by atoms with van der Waals surface area (Å²) in [4.78, 5) is 30.8. The summed E-state index contributed by atoms with van der Waals surface area (Å²) in [6.45, 7) is 3.40. The van der Waals surface area contributed by atoms with Gasteiger partial charge in [0, 0.05) is 46.2 Å². The van der Waals surface area contributed by atoms with E-state index in [0.29, 0.717) is 52.3 Å². The van der Waals surface area contributed by atoms with E-state index in [1.54, 1.807) is 30.2 Å². The first kappa shape index (κ1) is 18.8. The van der Waals surface area contributed by atoms with Crippen LogP contribution in [-0.4, -0.2) is 74.1 Å². The van der Waals surface area contributed by atoms with E-state index in [1.165, 1.54) is 0 Å². The number of piperidine rings is 1. The van der Waals surface area contributed by atoms with Gasteiger partial charge in [0.15, 0.2) is 5.79 Å². The van der Waals surface area contributed by atoms with E-state index in [0.717, 1.165) is 6.42 Å². The monoisotopic (exact) mass is 363 g/mol. The number of ether oxygens (including phenoxy) is 3. The van der Waals surface area contributed by atoms with Crippen molar-refractivity contribution in [1.29, 1.82) is 0 Å². The number of carbonyl (C=O) groups is 2. The van der Waals surface area contributed by atoms with Gasteiger partial charge in [-0.2, -0.15) is 0 Å². The molecule has 0 atom stereocenters. The Morgan fingerprint density at radius 1 is 1.23 bits per heavy atom. The Balaban J connectivity index is 1.57. The van der Waals surface area contributed by atoms with Gasteiger partial charge in [-0.15, -0.1) is 0 Å². The van der Waals surface area contributed by atoms with Gasteiger partial charge in [0.2, 0.25) is 0 Å². The molecule has 3 heterocycles. The molecule has 2 saturated heterocycles. The lowest BCUT2D eigenvalue weighted by atomic mass is 10.0. The largest absolute Gasteiger partial charge is 0.385 e. The van der Waals surface area contributed by atoms with Crippen LogP contribution in [0, 0.1) is 0 Å². The Bertz CT molecular complexity index is 635. The van der Waals surface area contributed by atoms with Crippen LogP contribution in [0.3, 0.4) is 0 Å². The number of hydrogen-bond acceptors (Lipinski definition) is 6. The lowest BCUT2D eigenvalue weighted by Gasteiger charge is -2.37. The van der Waals surface area contributed by atoms with Crippen LogP contribution < -0.4 is 5.32 Å². The first-order valence-electron chi connectivity index (χ1n) is 8.95. The SMILES string of the molecule is COCCCNC(=O)c1cccc(C(=O)N2CCC3(CC2)OCCO3)n1. The Hall–Kier alpha value is -2.03. The molecule has 2 aliphatic rings. The average Bonchev–Trinajstić information content (AvgIpc) is 3.13. The van der Waals surface area contributed by atoms with Crippen molar-refractivity contribution in [3.63, 3.8) is 0 Å². The Labute approximate surface area is 152 Å². The summed E-state index contributed by atoms with van der Waals surface area (Å²) in [5.41, 5.74) is 0.517. The molecule has 0 bridgehead atoms. The van der Waals surface area contributed by atoms with Crippen LogP contribution >= 0.6 is 0 Å². The van der Waals surface area contributed by atoms with Crippen LogP contribution in [0.25, 0.3) is 0 Å². The summed E-state index contributed by atoms with van der Waals surface area (Å²) in [6, 6.07) is 4.92. The molecule has 3 rings (SSSR count). The molecule has 8 nitrogen and oxygen atoms in total. The predicted octanol–water partition coefficient (Wildman–Crippen LogP) is 0.827. The van der Waals surface area contributed by atoms with Gasteiger partial charge < -0.3 is 24.4 Å². The summed E-state index contributed by atoms with van der Waals surface area (Å²) in [5, 5.41) is 2.77. The average molecular weight is 363 g/mol. The topological polar surface area (TPSA) is 90.0 Å². The maximum atomic E-state index is 12.7. The highest BCUT2D eigenvalue weighted by molar-refractivity contribution is 5.96. The maximum absolute atomic E-state index is 12.7. The second kappa shape index (κ2) is 8.57. The molecule has 2 fully saturated rings. The van der Waals surface area contributed by atoms with Gasteiger partial charge in [0.25, 0.3) is 11.8 Å². The number of aromatic nitrogens is 1. The molecule has 8 heteroatoms. The smallest absolute Gasteiger partial charge is 0.272 e. The number of nitrogens with zero attached hydrogens (tertiary/aromatic N) is 2. The van der Waals surface area contributed by atoms with Gasteiger partial charge in [-0.3, -0.25) is 9.59 Å². The van der Waals surface area contributed by atoms with Crippen molar-refractivity contribution in [2.45, 2.75) is 25.0 Å². The zero-order valence-electron chi connectivity index (χ0n) is 15.0. The summed E-state index contributed by atoms with van der Waals surface area (Å²) < 4.78 is 16.3. The second-order valence-electron chi connectivity index (χ2n) is 6.41. The van der Waals surface area contributed by atoms with Crippen molar-refractivity contribution in [1.82, 2.24) is 15.2 Å². The van der Waals surface area contributed by atoms with E-state index < -0.39 is 5.79 Å². The highest BCUT2D eigenvalue weighted by Crippen LogP contribution is 2.31. The number of methoxy groups -OCH3 is 1. The van der Waals surface area contributed by atoms with E-state index in [1.807, 2.05) is 0 Å². The molecule has 1 N–H and O–H groups in total. The van der Waals surface area contributed by atoms with E-state index in [2.05, 4.69) is 10.3 Å². The lowest BCUT2D eigenvalue weighted by molar-refractivity contribution is -0.181. The Morgan fingerprint density at radius 2 is 1.92 bits per heavy atom. The molecule has 1 aromatic rings. The highest BCUT2D eigenvalue weighted by Gasteiger charge is 2.41. The van der Waals surface area contributed by atoms with Gasteiger partial charge in [-0.05, 0) is 18.6 Å². The van der Waals surface area contributed by atoms with Crippen LogP contribution in [-0.2, 0) is 14.2 Å². The van der Waals surface area contributed by atoms with E-state index in [-0.39, 0.29) is 23.2 Å². The van der Waals surface area contributed by atoms with Gasteiger partial charge >= 0.3 is 0 Å². The van der Waals surface area contributed by atoms with Gasteiger partial charge in [-0.1, -0.05) is 6.07 Å². The van der Waals surface area contributed by atoms with Gasteiger partial charge in [0.1, 0.15) is 11.4 Å². The van der Waals surface area contributed by atoms with Gasteiger partial charge in [0.05, 0.1) is 13.2 Å². The number of nitrogens with one attached hydrogen (secondary N) is 1. The molecule has 142 valence electrons. The number of hydrogen-bond donors (Lipinski definition) is 1. The van der Waals surface area contributed by atoms with Crippen molar-refractivity contribution in [3.05, 3.63) is 29.6 Å². The minimum Gasteiger partial charge on any atom is -0.385 e. The van der Waals surface area contributed by atoms with E-state index in [9.17, 15) is 9.59 Å². The second-order valence-corrected chi connectivity index (χ2v) is 6.41. The molecule has 26 heavy (non-hydrogen) atoms. The lowest BCUT2D eigenvalue weighted by Crippen LogP contribution is -2.47. The molecule has 2 aliphatic heterocycles. The zero-order valence-corrected chi connectivity index (χ0v) is 15.0. The van der Waals surface area contributed by atoms with Crippen LogP contribution in [0.15, 0.2) is 18.2 Å². The standard InChI is InChI=1S/C18H25N3O5/c1-24-11-3-8-19-16(22)14-4-2-5-15(20-14)17(23)21-9-6-18(7-10-21)25-12-13-26-18/h2,4-5H,3,6-13H2,1H3,(H,19,22). The van der Waals surface area contributed by atoms with Crippen LogP contribution in [0.1, 0.15) is 40.2 Å². The first-order chi connectivity index (χ1) is 12.6. The molecule has 1 spiro atoms. The number of amides is 2. The number of likely N-dealkylation sites (tertiary alicyclic amines) is 1. The Morgan fingerprint density at radius 3 is 2.62 bits per heavy atom. The zero-order chi connectivity index (χ0) is 18.4. The third-order valence-electron chi connectivity index (χ3n) is 4.64. The molecule has 0 aliphatic carbocycles. The first-order valence-corrected chi connectivity index (χ1v) is 8.95. The fourth-order valence-corrected chi connectivity index (χ4v) is 3.19. The molecule has 0 aromatic carbocycles. The Kier molecular flexibility index (Phi) is 6.18. The summed E-state index contributed by atoms with van der Waals surface area (Å²) in [7, 11) is 1.62. The third-order valence-corrected chi connectivity index (χ3v) is 4.64. The van der Waals surface area contributed by atoms with Crippen LogP contribution in [0.4, 0.5) is 0 Å². The van der Waals surface area contributed by atoms with Crippen molar-refractivity contribution >= 4 is 11.8 Å². The van der Waals surface area contributed by atoms with E-state index in [4.69, 9.17) is 14.2 Å². The minimum atomic E-state index is -0.520. The molecule has 0 unspecified atom stereocenters. The molecule has 1 aromatic heterocycles. The van der Waals surface area contributed by atoms with Crippen molar-refractivity contribution in [2.24, 2.45) is 0 Å². The van der Waals surface area contributed by atoms with Crippen molar-refractivity contribution < 1.29 is 23.8 Å². The molecular formula is C18H25N3O5. The molecule has 2 amide bonds. The van der Waals surface area contributed by atoms with Crippen LogP contribution in [0.2, 0.25) is 0 Å². The summed E-state index contributed by atoms with van der Waals surface area (Å²) >= 11 is 0. The fourth-order valence-electron chi connectivity index (χ4n) is 3.19. The van der Waals surface area contributed by atoms with Crippen molar-refractivity contribution in [2.75, 3.05) is 46.6 Å². The third kappa shape index (κ3) is 4.38. The number of rotatable bonds is 6. The number of pyridine rings is 1. The van der Waals surface area contributed by atoms with Gasteiger partial charge in [-0.25, -0.2) is 4.98 Å². The minimum absolute atomic E-state index is 0.174. The van der Waals surface area contributed by atoms with E-state index >= 15 is 0 Å². The van der Waals surface area contributed by atoms with Crippen molar-refractivity contribution in [3.8, 4) is 0 Å². The predicted molar refractivity (Wildman–Crippen MR) is 92.8 cm³/mol. The maximum Gasteiger partial charge on any atom is 0.272 e. The summed E-state index contributed by atoms with van der Waals surface area (Å²) in [5.74, 6) is -0.985. The molecular weight excluding hydrogens is 338 g/mol. The summed E-state index contributed by atoms with van der Waals surface area (Å²) in [6.07, 6.45) is 2.03. The quantitative estimate of drug-likeness (QED) is 0.753. The number of carbonyl (C=O) groups excluding carboxylic acids is 2. The highest BCUT2D eigenvalue weighted by atomic mass is 16.7. The van der Waals surface area contributed by atoms with Crippen LogP contribution in [0.5, 0.6) is 0 Å². The fraction of sp³-hybridized carbons (Fsp3) is 0.611. The molecule has 0 radical (unpaired) electrons.